The van der Waals surface area contributed by atoms with Gasteiger partial charge in [-0.2, -0.15) is 0 Å². The maximum atomic E-state index is 5.74. The highest BCUT2D eigenvalue weighted by molar-refractivity contribution is 9.10. The molecule has 5 nitrogen and oxygen atoms in total. The van der Waals surface area contributed by atoms with E-state index in [4.69, 9.17) is 10.5 Å². The summed E-state index contributed by atoms with van der Waals surface area (Å²) in [5.74, 6) is 1.28. The minimum atomic E-state index is 0.289. The minimum Gasteiger partial charge on any atom is -0.383 e. The molecule has 1 fully saturated rings. The monoisotopic (exact) mass is 300 g/mol. The SMILES string of the molecule is CN(CC1CCCCO1)c1ncnc(N)c1Br. The summed E-state index contributed by atoms with van der Waals surface area (Å²) in [6.07, 6.45) is 5.29. The van der Waals surface area contributed by atoms with Gasteiger partial charge in [-0.15, -0.1) is 0 Å². The number of aromatic nitrogens is 2. The molecule has 1 aromatic rings. The summed E-state index contributed by atoms with van der Waals surface area (Å²) in [5, 5.41) is 0. The first kappa shape index (κ1) is 12.6. The zero-order chi connectivity index (χ0) is 12.3. The highest BCUT2D eigenvalue weighted by Crippen LogP contribution is 2.27. The van der Waals surface area contributed by atoms with Crippen molar-refractivity contribution in [2.24, 2.45) is 0 Å². The summed E-state index contributed by atoms with van der Waals surface area (Å²) >= 11 is 3.41. The maximum absolute atomic E-state index is 5.74. The number of nitrogens with zero attached hydrogens (tertiary/aromatic N) is 3. The van der Waals surface area contributed by atoms with E-state index < -0.39 is 0 Å². The fourth-order valence-corrected chi connectivity index (χ4v) is 2.49. The van der Waals surface area contributed by atoms with Gasteiger partial charge in [0.2, 0.25) is 0 Å². The Hall–Kier alpha value is -0.880. The van der Waals surface area contributed by atoms with Gasteiger partial charge < -0.3 is 15.4 Å². The third kappa shape index (κ3) is 3.07. The molecule has 1 unspecified atom stereocenters. The smallest absolute Gasteiger partial charge is 0.148 e. The largest absolute Gasteiger partial charge is 0.383 e. The second kappa shape index (κ2) is 5.64. The Morgan fingerprint density at radius 1 is 1.53 bits per heavy atom. The Kier molecular flexibility index (Phi) is 4.17. The third-order valence-corrected chi connectivity index (χ3v) is 3.67. The van der Waals surface area contributed by atoms with Crippen LogP contribution in [-0.4, -0.2) is 36.3 Å². The molecular weight excluding hydrogens is 284 g/mol. The van der Waals surface area contributed by atoms with Crippen LogP contribution in [0.15, 0.2) is 10.8 Å². The summed E-state index contributed by atoms with van der Waals surface area (Å²) in [6.45, 7) is 1.70. The molecule has 2 heterocycles. The zero-order valence-corrected chi connectivity index (χ0v) is 11.5. The molecule has 1 aliphatic heterocycles. The average Bonchev–Trinajstić information content (AvgIpc) is 2.34. The lowest BCUT2D eigenvalue weighted by atomic mass is 10.1. The van der Waals surface area contributed by atoms with Gasteiger partial charge in [-0.1, -0.05) is 0 Å². The van der Waals surface area contributed by atoms with Crippen molar-refractivity contribution in [3.63, 3.8) is 0 Å². The van der Waals surface area contributed by atoms with Crippen LogP contribution in [0.2, 0.25) is 0 Å². The number of nitrogen functional groups attached to an aromatic ring is 1. The molecule has 17 heavy (non-hydrogen) atoms. The molecule has 2 rings (SSSR count). The number of rotatable bonds is 3. The van der Waals surface area contributed by atoms with E-state index in [-0.39, 0.29) is 6.10 Å². The van der Waals surface area contributed by atoms with Gasteiger partial charge in [0.25, 0.3) is 0 Å². The predicted octanol–water partition coefficient (Wildman–Crippen LogP) is 1.83. The number of ether oxygens (including phenoxy) is 1. The minimum absolute atomic E-state index is 0.289. The van der Waals surface area contributed by atoms with Gasteiger partial charge in [0.1, 0.15) is 22.4 Å². The maximum Gasteiger partial charge on any atom is 0.148 e. The normalized spacial score (nSPS) is 20.2. The molecular formula is C11H17BrN4O. The first-order chi connectivity index (χ1) is 8.18. The van der Waals surface area contributed by atoms with Crippen LogP contribution in [0, 0.1) is 0 Å². The van der Waals surface area contributed by atoms with Crippen LogP contribution in [0.4, 0.5) is 11.6 Å². The van der Waals surface area contributed by atoms with Crippen molar-refractivity contribution < 1.29 is 4.74 Å². The van der Waals surface area contributed by atoms with Crippen molar-refractivity contribution in [2.45, 2.75) is 25.4 Å². The van der Waals surface area contributed by atoms with Crippen molar-refractivity contribution in [1.82, 2.24) is 9.97 Å². The van der Waals surface area contributed by atoms with E-state index in [0.29, 0.717) is 5.82 Å². The van der Waals surface area contributed by atoms with Crippen molar-refractivity contribution in [3.05, 3.63) is 10.8 Å². The van der Waals surface area contributed by atoms with Gasteiger partial charge in [-0.3, -0.25) is 0 Å². The Morgan fingerprint density at radius 2 is 2.35 bits per heavy atom. The number of halogens is 1. The molecule has 1 saturated heterocycles. The number of hydrogen-bond donors (Lipinski definition) is 1. The topological polar surface area (TPSA) is 64.3 Å². The summed E-state index contributed by atoms with van der Waals surface area (Å²) in [5.41, 5.74) is 5.74. The fraction of sp³-hybridized carbons (Fsp3) is 0.636. The van der Waals surface area contributed by atoms with Crippen molar-refractivity contribution >= 4 is 27.6 Å². The lowest BCUT2D eigenvalue weighted by molar-refractivity contribution is 0.0215. The van der Waals surface area contributed by atoms with Crippen LogP contribution in [0.25, 0.3) is 0 Å². The molecule has 94 valence electrons. The molecule has 6 heteroatoms. The van der Waals surface area contributed by atoms with E-state index in [9.17, 15) is 0 Å². The van der Waals surface area contributed by atoms with Crippen molar-refractivity contribution in [1.29, 1.82) is 0 Å². The molecule has 2 N–H and O–H groups in total. The second-order valence-corrected chi connectivity index (χ2v) is 5.06. The highest BCUT2D eigenvalue weighted by Gasteiger charge is 2.18. The van der Waals surface area contributed by atoms with Gasteiger partial charge in [0.05, 0.1) is 6.10 Å². The van der Waals surface area contributed by atoms with Crippen LogP contribution in [0.5, 0.6) is 0 Å². The van der Waals surface area contributed by atoms with Crippen molar-refractivity contribution in [2.75, 3.05) is 30.8 Å². The van der Waals surface area contributed by atoms with E-state index in [1.165, 1.54) is 19.2 Å². The van der Waals surface area contributed by atoms with Gasteiger partial charge in [-0.05, 0) is 35.2 Å². The quantitative estimate of drug-likeness (QED) is 0.922. The van der Waals surface area contributed by atoms with E-state index >= 15 is 0 Å². The molecule has 0 bridgehead atoms. The molecule has 1 atom stereocenters. The summed E-state index contributed by atoms with van der Waals surface area (Å²) in [7, 11) is 1.99. The number of nitrogens with two attached hydrogens (primary N) is 1. The Labute approximate surface area is 110 Å². The number of hydrogen-bond acceptors (Lipinski definition) is 5. The van der Waals surface area contributed by atoms with Crippen LogP contribution in [0.3, 0.4) is 0 Å². The highest BCUT2D eigenvalue weighted by atomic mass is 79.9. The summed E-state index contributed by atoms with van der Waals surface area (Å²) in [4.78, 5) is 10.2. The second-order valence-electron chi connectivity index (χ2n) is 4.27. The number of likely N-dealkylation sites (N-methyl/N-ethyl adjacent to an activating group) is 1. The standard InChI is InChI=1S/C11H17BrN4O/c1-16(6-8-4-2-3-5-17-8)11-9(12)10(13)14-7-15-11/h7-8H,2-6H2,1H3,(H2,13,14,15). The average molecular weight is 301 g/mol. The van der Waals surface area contributed by atoms with E-state index in [2.05, 4.69) is 30.8 Å². The van der Waals surface area contributed by atoms with Gasteiger partial charge in [0.15, 0.2) is 0 Å². The molecule has 0 aliphatic carbocycles. The fourth-order valence-electron chi connectivity index (χ4n) is 1.98. The predicted molar refractivity (Wildman–Crippen MR) is 71.0 cm³/mol. The lowest BCUT2D eigenvalue weighted by Crippen LogP contribution is -2.34. The summed E-state index contributed by atoms with van der Waals surface area (Å²) in [6, 6.07) is 0. The first-order valence-corrected chi connectivity index (χ1v) is 6.56. The molecule has 1 aliphatic rings. The lowest BCUT2D eigenvalue weighted by Gasteiger charge is -2.28. The third-order valence-electron chi connectivity index (χ3n) is 2.91. The first-order valence-electron chi connectivity index (χ1n) is 5.77. The van der Waals surface area contributed by atoms with Gasteiger partial charge >= 0.3 is 0 Å². The van der Waals surface area contributed by atoms with Crippen LogP contribution >= 0.6 is 15.9 Å². The zero-order valence-electron chi connectivity index (χ0n) is 9.90. The van der Waals surface area contributed by atoms with E-state index in [0.717, 1.165) is 29.9 Å². The summed E-state index contributed by atoms with van der Waals surface area (Å²) < 4.78 is 6.46. The molecule has 0 spiro atoms. The Morgan fingerprint density at radius 3 is 3.06 bits per heavy atom. The van der Waals surface area contributed by atoms with Crippen molar-refractivity contribution in [3.8, 4) is 0 Å². The number of anilines is 2. The molecule has 0 amide bonds. The van der Waals surface area contributed by atoms with Crippen LogP contribution < -0.4 is 10.6 Å². The van der Waals surface area contributed by atoms with Gasteiger partial charge in [0, 0.05) is 20.2 Å². The Bertz CT molecular complexity index is 382. The Balaban J connectivity index is 2.03. The molecule has 0 radical (unpaired) electrons. The van der Waals surface area contributed by atoms with E-state index in [1.807, 2.05) is 7.05 Å². The molecule has 0 saturated carbocycles. The molecule has 1 aromatic heterocycles. The van der Waals surface area contributed by atoms with Gasteiger partial charge in [-0.25, -0.2) is 9.97 Å². The van der Waals surface area contributed by atoms with Crippen LogP contribution in [0.1, 0.15) is 19.3 Å². The molecule has 0 aromatic carbocycles. The van der Waals surface area contributed by atoms with Crippen LogP contribution in [-0.2, 0) is 4.74 Å². The van der Waals surface area contributed by atoms with E-state index in [1.54, 1.807) is 0 Å².